The number of H-pyrrole nitrogens is 1. The molecule has 200 valence electrons. The second-order valence-corrected chi connectivity index (χ2v) is 9.45. The highest BCUT2D eigenvalue weighted by Crippen LogP contribution is 2.39. The number of anilines is 1. The number of imide groups is 1. The molecular formula is C28H38FN5O3. The monoisotopic (exact) mass is 511 g/mol. The summed E-state index contributed by atoms with van der Waals surface area (Å²) in [6.45, 7) is 12.8. The highest BCUT2D eigenvalue weighted by atomic mass is 19.1. The van der Waals surface area contributed by atoms with Crippen molar-refractivity contribution in [1.82, 2.24) is 20.1 Å². The number of aromatic nitrogens is 1. The second-order valence-electron chi connectivity index (χ2n) is 9.45. The van der Waals surface area contributed by atoms with E-state index in [0.29, 0.717) is 53.4 Å². The SMILES string of the molecule is CCCN(CCC)C(=O)N1C(=O)/C(=C\c2[nH]c(C)c(C(=O)NCCN(C)CC)c2C)c2cc(F)ccc21. The minimum Gasteiger partial charge on any atom is -0.358 e. The van der Waals surface area contributed by atoms with Crippen LogP contribution in [0.25, 0.3) is 11.6 Å². The molecule has 0 radical (unpaired) electrons. The number of nitrogens with one attached hydrogen (secondary N) is 2. The van der Waals surface area contributed by atoms with Gasteiger partial charge in [-0.3, -0.25) is 9.59 Å². The fourth-order valence-electron chi connectivity index (χ4n) is 4.59. The average Bonchev–Trinajstić information content (AvgIpc) is 3.29. The Morgan fingerprint density at radius 3 is 2.41 bits per heavy atom. The molecule has 0 aliphatic carbocycles. The van der Waals surface area contributed by atoms with Gasteiger partial charge in [0.2, 0.25) is 0 Å². The van der Waals surface area contributed by atoms with E-state index in [0.717, 1.165) is 30.8 Å². The van der Waals surface area contributed by atoms with Gasteiger partial charge in [-0.05, 0) is 70.1 Å². The van der Waals surface area contributed by atoms with Crippen LogP contribution < -0.4 is 10.2 Å². The number of urea groups is 1. The predicted octanol–water partition coefficient (Wildman–Crippen LogP) is 4.58. The smallest absolute Gasteiger partial charge is 0.331 e. The molecular weight excluding hydrogens is 473 g/mol. The fourth-order valence-corrected chi connectivity index (χ4v) is 4.59. The number of hydrogen-bond acceptors (Lipinski definition) is 4. The molecule has 0 fully saturated rings. The van der Waals surface area contributed by atoms with Crippen LogP contribution in [0.4, 0.5) is 14.9 Å². The highest BCUT2D eigenvalue weighted by molar-refractivity contribution is 6.42. The van der Waals surface area contributed by atoms with E-state index in [-0.39, 0.29) is 11.5 Å². The molecule has 0 bridgehead atoms. The first-order valence-electron chi connectivity index (χ1n) is 12.9. The van der Waals surface area contributed by atoms with Crippen molar-refractivity contribution in [3.05, 3.63) is 52.1 Å². The van der Waals surface area contributed by atoms with Gasteiger partial charge in [0.15, 0.2) is 0 Å². The molecule has 2 heterocycles. The zero-order valence-electron chi connectivity index (χ0n) is 22.7. The Labute approximate surface area is 218 Å². The number of amides is 4. The largest absolute Gasteiger partial charge is 0.358 e. The summed E-state index contributed by atoms with van der Waals surface area (Å²) >= 11 is 0. The third-order valence-electron chi connectivity index (χ3n) is 6.68. The van der Waals surface area contributed by atoms with E-state index >= 15 is 0 Å². The summed E-state index contributed by atoms with van der Waals surface area (Å²) in [5, 5.41) is 2.95. The molecule has 1 aromatic carbocycles. The van der Waals surface area contributed by atoms with Gasteiger partial charge >= 0.3 is 6.03 Å². The van der Waals surface area contributed by atoms with Crippen LogP contribution in [0.15, 0.2) is 18.2 Å². The van der Waals surface area contributed by atoms with Crippen molar-refractivity contribution < 1.29 is 18.8 Å². The lowest BCUT2D eigenvalue weighted by Crippen LogP contribution is -2.45. The molecule has 8 nitrogen and oxygen atoms in total. The third-order valence-corrected chi connectivity index (χ3v) is 6.68. The number of nitrogens with zero attached hydrogens (tertiary/aromatic N) is 3. The Kier molecular flexibility index (Phi) is 9.26. The van der Waals surface area contributed by atoms with E-state index in [1.54, 1.807) is 17.9 Å². The van der Waals surface area contributed by atoms with Gasteiger partial charge < -0.3 is 20.1 Å². The maximum atomic E-state index is 14.3. The van der Waals surface area contributed by atoms with Crippen molar-refractivity contribution in [3.8, 4) is 0 Å². The third kappa shape index (κ3) is 5.93. The summed E-state index contributed by atoms with van der Waals surface area (Å²) in [5.41, 5.74) is 3.35. The normalized spacial score (nSPS) is 14.0. The number of halogens is 1. The molecule has 1 aliphatic rings. The highest BCUT2D eigenvalue weighted by Gasteiger charge is 2.39. The van der Waals surface area contributed by atoms with E-state index in [2.05, 4.69) is 22.1 Å². The quantitative estimate of drug-likeness (QED) is 0.457. The average molecular weight is 512 g/mol. The molecule has 1 aliphatic heterocycles. The maximum Gasteiger partial charge on any atom is 0.331 e. The second kappa shape index (κ2) is 12.2. The number of benzene rings is 1. The Hall–Kier alpha value is -3.46. The van der Waals surface area contributed by atoms with Crippen LogP contribution in [0, 0.1) is 19.7 Å². The van der Waals surface area contributed by atoms with E-state index in [9.17, 15) is 18.8 Å². The number of hydrogen-bond donors (Lipinski definition) is 2. The molecule has 0 spiro atoms. The summed E-state index contributed by atoms with van der Waals surface area (Å²) in [6, 6.07) is 3.58. The summed E-state index contributed by atoms with van der Waals surface area (Å²) in [6.07, 6.45) is 3.13. The number of rotatable bonds is 10. The Bertz CT molecular complexity index is 1200. The van der Waals surface area contributed by atoms with E-state index in [1.165, 1.54) is 18.2 Å². The topological polar surface area (TPSA) is 88.8 Å². The van der Waals surface area contributed by atoms with Crippen molar-refractivity contribution in [1.29, 1.82) is 0 Å². The zero-order valence-corrected chi connectivity index (χ0v) is 22.7. The van der Waals surface area contributed by atoms with Crippen LogP contribution in [-0.4, -0.2) is 72.4 Å². The van der Waals surface area contributed by atoms with Gasteiger partial charge in [0.25, 0.3) is 11.8 Å². The standard InChI is InChI=1S/C28H38FN5O3/c1-7-13-33(14-8-2)28(37)34-24-11-10-20(29)16-21(24)22(27(34)36)17-23-18(4)25(19(5)31-23)26(35)30-12-15-32(6)9-3/h10-11,16-17,31H,7-9,12-15H2,1-6H3,(H,30,35)/b22-17-. The van der Waals surface area contributed by atoms with E-state index < -0.39 is 17.8 Å². The van der Waals surface area contributed by atoms with E-state index in [4.69, 9.17) is 0 Å². The lowest BCUT2D eigenvalue weighted by atomic mass is 10.0. The van der Waals surface area contributed by atoms with Gasteiger partial charge in [0, 0.05) is 43.1 Å². The van der Waals surface area contributed by atoms with Crippen LogP contribution in [0.3, 0.4) is 0 Å². The first-order chi connectivity index (χ1) is 17.6. The molecule has 0 saturated heterocycles. The number of aromatic amines is 1. The molecule has 0 saturated carbocycles. The molecule has 1 aromatic heterocycles. The minimum atomic E-state index is -0.511. The molecule has 0 unspecified atom stereocenters. The molecule has 3 rings (SSSR count). The maximum absolute atomic E-state index is 14.3. The van der Waals surface area contributed by atoms with Gasteiger partial charge in [-0.15, -0.1) is 0 Å². The first-order valence-corrected chi connectivity index (χ1v) is 12.9. The molecule has 2 N–H and O–H groups in total. The van der Waals surface area contributed by atoms with Gasteiger partial charge in [0.05, 0.1) is 16.8 Å². The van der Waals surface area contributed by atoms with Crippen LogP contribution in [0.2, 0.25) is 0 Å². The van der Waals surface area contributed by atoms with Crippen LogP contribution in [-0.2, 0) is 4.79 Å². The summed E-state index contributed by atoms with van der Waals surface area (Å²) in [7, 11) is 1.99. The number of carbonyl (C=O) groups excluding carboxylic acids is 3. The molecule has 4 amide bonds. The minimum absolute atomic E-state index is 0.198. The molecule has 0 atom stereocenters. The number of likely N-dealkylation sites (N-methyl/N-ethyl adjacent to an activating group) is 1. The van der Waals surface area contributed by atoms with Crippen molar-refractivity contribution >= 4 is 35.2 Å². The summed E-state index contributed by atoms with van der Waals surface area (Å²) in [4.78, 5) is 48.0. The lowest BCUT2D eigenvalue weighted by molar-refractivity contribution is -0.112. The number of fused-ring (bicyclic) bond motifs is 1. The summed E-state index contributed by atoms with van der Waals surface area (Å²) < 4.78 is 14.3. The zero-order chi connectivity index (χ0) is 27.3. The summed E-state index contributed by atoms with van der Waals surface area (Å²) in [5.74, 6) is -1.21. The molecule has 37 heavy (non-hydrogen) atoms. The molecule has 9 heteroatoms. The van der Waals surface area contributed by atoms with Gasteiger partial charge in [0.1, 0.15) is 5.82 Å². The predicted molar refractivity (Wildman–Crippen MR) is 145 cm³/mol. The van der Waals surface area contributed by atoms with Crippen molar-refractivity contribution in [2.75, 3.05) is 44.7 Å². The van der Waals surface area contributed by atoms with Crippen molar-refractivity contribution in [2.45, 2.75) is 47.5 Å². The van der Waals surface area contributed by atoms with Gasteiger partial charge in [-0.1, -0.05) is 20.8 Å². The first kappa shape index (κ1) is 28.1. The van der Waals surface area contributed by atoms with Crippen molar-refractivity contribution in [3.63, 3.8) is 0 Å². The Morgan fingerprint density at radius 1 is 1.11 bits per heavy atom. The van der Waals surface area contributed by atoms with Crippen LogP contribution in [0.5, 0.6) is 0 Å². The lowest BCUT2D eigenvalue weighted by Gasteiger charge is -2.26. The Morgan fingerprint density at radius 2 is 1.78 bits per heavy atom. The van der Waals surface area contributed by atoms with Gasteiger partial charge in [-0.2, -0.15) is 0 Å². The Balaban J connectivity index is 1.98. The van der Waals surface area contributed by atoms with Gasteiger partial charge in [-0.25, -0.2) is 14.1 Å². The van der Waals surface area contributed by atoms with Crippen molar-refractivity contribution in [2.24, 2.45) is 0 Å². The van der Waals surface area contributed by atoms with Crippen LogP contribution >= 0.6 is 0 Å². The fraction of sp³-hybridized carbons (Fsp3) is 0.464. The molecule has 2 aromatic rings. The van der Waals surface area contributed by atoms with E-state index in [1.807, 2.05) is 27.8 Å². The van der Waals surface area contributed by atoms with Crippen LogP contribution in [0.1, 0.15) is 66.5 Å². The number of aryl methyl sites for hydroxylation is 1. The number of carbonyl (C=O) groups is 3.